The van der Waals surface area contributed by atoms with Crippen molar-refractivity contribution in [3.63, 3.8) is 0 Å². The Balaban J connectivity index is 1.50. The summed E-state index contributed by atoms with van der Waals surface area (Å²) < 4.78 is 22.4. The second kappa shape index (κ2) is 10.9. The van der Waals surface area contributed by atoms with Crippen LogP contribution < -0.4 is 19.5 Å². The number of nitrogens with zero attached hydrogens (tertiary/aromatic N) is 2. The molecule has 10 nitrogen and oxygen atoms in total. The van der Waals surface area contributed by atoms with Crippen molar-refractivity contribution in [2.24, 2.45) is 11.8 Å². The minimum atomic E-state index is -0.528. The maximum Gasteiger partial charge on any atom is 0.310 e. The fourth-order valence-corrected chi connectivity index (χ4v) is 5.88. The summed E-state index contributed by atoms with van der Waals surface area (Å²) in [6.07, 6.45) is 0.338. The van der Waals surface area contributed by atoms with Crippen LogP contribution in [0.3, 0.4) is 0 Å². The zero-order chi connectivity index (χ0) is 27.8. The molecule has 39 heavy (non-hydrogen) atoms. The third kappa shape index (κ3) is 5.23. The Kier molecular flexibility index (Phi) is 7.59. The van der Waals surface area contributed by atoms with E-state index in [0.29, 0.717) is 35.8 Å². The Morgan fingerprint density at radius 3 is 2.46 bits per heavy atom. The predicted octanol–water partition coefficient (Wildman–Crippen LogP) is 2.41. The minimum absolute atomic E-state index is 0.0641. The number of hydrogen-bond acceptors (Lipinski definition) is 9. The number of aromatic hydroxyl groups is 1. The Morgan fingerprint density at radius 2 is 1.77 bits per heavy atom. The topological polar surface area (TPSA) is 110 Å². The molecule has 0 bridgehead atoms. The SMILES string of the molecule is COc1cc(C2c3cc4c(cc3[C@@H](NC(=O)CCN(C)CCN(C)C)[C@H]3COC(=O)[C@H]23)OCO4)cc(C)c1O. The van der Waals surface area contributed by atoms with Gasteiger partial charge >= 0.3 is 5.97 Å². The molecule has 1 saturated heterocycles. The number of nitrogens with one attached hydrogen (secondary N) is 1. The van der Waals surface area contributed by atoms with E-state index in [9.17, 15) is 14.7 Å². The number of hydrogen-bond donors (Lipinski definition) is 2. The van der Waals surface area contributed by atoms with Crippen LogP contribution in [0, 0.1) is 18.8 Å². The fraction of sp³-hybridized carbons (Fsp3) is 0.517. The zero-order valence-corrected chi connectivity index (χ0v) is 23.2. The van der Waals surface area contributed by atoms with Crippen molar-refractivity contribution in [1.82, 2.24) is 15.1 Å². The number of carbonyl (C=O) groups excluding carboxylic acids is 2. The van der Waals surface area contributed by atoms with Crippen LogP contribution in [0.15, 0.2) is 24.3 Å². The lowest BCUT2D eigenvalue weighted by Gasteiger charge is -2.39. The molecule has 0 aromatic heterocycles. The van der Waals surface area contributed by atoms with Gasteiger partial charge in [0.2, 0.25) is 12.7 Å². The number of fused-ring (bicyclic) bond motifs is 3. The minimum Gasteiger partial charge on any atom is -0.504 e. The molecule has 1 fully saturated rings. The molecule has 210 valence electrons. The molecule has 1 aliphatic carbocycles. The number of phenolic OH excluding ortho intramolecular Hbond substituents is 1. The summed E-state index contributed by atoms with van der Waals surface area (Å²) in [5, 5.41) is 13.7. The first kappa shape index (κ1) is 27.1. The van der Waals surface area contributed by atoms with Gasteiger partial charge in [0.05, 0.1) is 25.7 Å². The molecule has 1 amide bonds. The average Bonchev–Trinajstić information content (AvgIpc) is 3.53. The largest absolute Gasteiger partial charge is 0.504 e. The van der Waals surface area contributed by atoms with E-state index >= 15 is 0 Å². The number of rotatable bonds is 9. The summed E-state index contributed by atoms with van der Waals surface area (Å²) in [5.41, 5.74) is 3.20. The van der Waals surface area contributed by atoms with Crippen LogP contribution in [0.4, 0.5) is 0 Å². The molecule has 0 saturated carbocycles. The van der Waals surface area contributed by atoms with Crippen molar-refractivity contribution in [2.45, 2.75) is 25.3 Å². The molecular weight excluding hydrogens is 502 g/mol. The van der Waals surface area contributed by atoms with Crippen molar-refractivity contribution in [3.05, 3.63) is 46.5 Å². The lowest BCUT2D eigenvalue weighted by atomic mass is 9.65. The molecule has 1 unspecified atom stereocenters. The van der Waals surface area contributed by atoms with Gasteiger partial charge in [-0.15, -0.1) is 0 Å². The number of methoxy groups -OCH3 is 1. The number of esters is 1. The third-order valence-electron chi connectivity index (χ3n) is 8.02. The number of aryl methyl sites for hydroxylation is 1. The van der Waals surface area contributed by atoms with E-state index < -0.39 is 12.0 Å². The number of likely N-dealkylation sites (N-methyl/N-ethyl adjacent to an activating group) is 2. The standard InChI is InChI=1S/C29H37N3O7/c1-16-10-17(11-23(36-5)28(16)34)25-18-12-21-22(39-15-38-21)13-19(18)27(20-14-37-29(35)26(20)25)30-24(33)6-7-32(4)9-8-31(2)3/h10-13,20,25-27,34H,6-9,14-15H2,1-5H3,(H,30,33)/t20-,25?,26-,27+/m0/s1. The van der Waals surface area contributed by atoms with Gasteiger partial charge in [-0.2, -0.15) is 0 Å². The molecule has 3 aliphatic rings. The van der Waals surface area contributed by atoms with E-state index in [1.54, 1.807) is 13.0 Å². The van der Waals surface area contributed by atoms with Gasteiger partial charge in [-0.05, 0) is 68.5 Å². The Labute approximate surface area is 228 Å². The molecule has 0 spiro atoms. The molecule has 10 heteroatoms. The quantitative estimate of drug-likeness (QED) is 0.464. The second-order valence-electron chi connectivity index (χ2n) is 10.9. The van der Waals surface area contributed by atoms with Crippen LogP contribution in [-0.4, -0.2) is 88.1 Å². The number of benzene rings is 2. The molecule has 2 aromatic carbocycles. The van der Waals surface area contributed by atoms with E-state index in [0.717, 1.165) is 29.8 Å². The lowest BCUT2D eigenvalue weighted by Crippen LogP contribution is -2.43. The summed E-state index contributed by atoms with van der Waals surface area (Å²) in [6.45, 7) is 4.51. The van der Waals surface area contributed by atoms with Gasteiger partial charge in [0.25, 0.3) is 0 Å². The van der Waals surface area contributed by atoms with Gasteiger partial charge in [0.1, 0.15) is 0 Å². The van der Waals surface area contributed by atoms with Crippen molar-refractivity contribution in [3.8, 4) is 23.0 Å². The highest BCUT2D eigenvalue weighted by Crippen LogP contribution is 2.55. The summed E-state index contributed by atoms with van der Waals surface area (Å²) >= 11 is 0. The average molecular weight is 540 g/mol. The monoisotopic (exact) mass is 539 g/mol. The van der Waals surface area contributed by atoms with Crippen molar-refractivity contribution >= 4 is 11.9 Å². The number of amides is 1. The van der Waals surface area contributed by atoms with Gasteiger partial charge in [-0.1, -0.05) is 6.07 Å². The number of carbonyl (C=O) groups is 2. The van der Waals surface area contributed by atoms with Crippen LogP contribution in [-0.2, 0) is 14.3 Å². The smallest absolute Gasteiger partial charge is 0.310 e. The van der Waals surface area contributed by atoms with Crippen molar-refractivity contribution in [2.75, 3.05) is 61.3 Å². The Morgan fingerprint density at radius 1 is 1.05 bits per heavy atom. The molecule has 2 N–H and O–H groups in total. The van der Waals surface area contributed by atoms with Crippen LogP contribution in [0.5, 0.6) is 23.0 Å². The molecule has 2 aromatic rings. The second-order valence-corrected chi connectivity index (χ2v) is 10.9. The van der Waals surface area contributed by atoms with Gasteiger partial charge in [-0.25, -0.2) is 0 Å². The Hall–Kier alpha value is -3.50. The van der Waals surface area contributed by atoms with Crippen LogP contribution in [0.25, 0.3) is 0 Å². The maximum atomic E-state index is 13.2. The van der Waals surface area contributed by atoms with E-state index in [4.69, 9.17) is 18.9 Å². The highest BCUT2D eigenvalue weighted by Gasteiger charge is 2.53. The van der Waals surface area contributed by atoms with E-state index in [2.05, 4.69) is 15.1 Å². The normalized spacial score (nSPS) is 23.0. The van der Waals surface area contributed by atoms with E-state index in [1.165, 1.54) is 7.11 Å². The lowest BCUT2D eigenvalue weighted by molar-refractivity contribution is -0.141. The molecule has 0 radical (unpaired) electrons. The molecule has 5 rings (SSSR count). The predicted molar refractivity (Wildman–Crippen MR) is 143 cm³/mol. The summed E-state index contributed by atoms with van der Waals surface area (Å²) in [7, 11) is 7.56. The van der Waals surface area contributed by atoms with Gasteiger partial charge < -0.3 is 39.2 Å². The third-order valence-corrected chi connectivity index (χ3v) is 8.02. The van der Waals surface area contributed by atoms with Crippen LogP contribution in [0.1, 0.15) is 40.6 Å². The first-order chi connectivity index (χ1) is 18.7. The van der Waals surface area contributed by atoms with Crippen molar-refractivity contribution < 1.29 is 33.6 Å². The van der Waals surface area contributed by atoms with Crippen LogP contribution in [0.2, 0.25) is 0 Å². The summed E-state index contributed by atoms with van der Waals surface area (Å²) in [6, 6.07) is 7.05. The number of phenols is 1. The number of ether oxygens (including phenoxy) is 4. The van der Waals surface area contributed by atoms with Crippen molar-refractivity contribution in [1.29, 1.82) is 0 Å². The van der Waals surface area contributed by atoms with Gasteiger partial charge in [0.15, 0.2) is 23.0 Å². The first-order valence-electron chi connectivity index (χ1n) is 13.3. The van der Waals surface area contributed by atoms with E-state index in [-0.39, 0.29) is 42.9 Å². The highest BCUT2D eigenvalue weighted by molar-refractivity contribution is 5.81. The zero-order valence-electron chi connectivity index (χ0n) is 23.2. The van der Waals surface area contributed by atoms with Gasteiger partial charge in [-0.3, -0.25) is 9.59 Å². The van der Waals surface area contributed by atoms with Crippen LogP contribution >= 0.6 is 0 Å². The van der Waals surface area contributed by atoms with Gasteiger partial charge in [0, 0.05) is 37.9 Å². The number of cyclic esters (lactones) is 1. The maximum absolute atomic E-state index is 13.2. The summed E-state index contributed by atoms with van der Waals surface area (Å²) in [5.74, 6) is 0.0355. The first-order valence-corrected chi connectivity index (χ1v) is 13.3. The molecular formula is C29H37N3O7. The highest BCUT2D eigenvalue weighted by atomic mass is 16.7. The Bertz CT molecular complexity index is 1260. The fourth-order valence-electron chi connectivity index (χ4n) is 5.88. The summed E-state index contributed by atoms with van der Waals surface area (Å²) in [4.78, 5) is 30.7. The molecule has 4 atom stereocenters. The van der Waals surface area contributed by atoms with E-state index in [1.807, 2.05) is 39.3 Å². The molecule has 2 aliphatic heterocycles. The molecule has 2 heterocycles.